The van der Waals surface area contributed by atoms with Gasteiger partial charge >= 0.3 is 0 Å². The van der Waals surface area contributed by atoms with Gasteiger partial charge in [-0.05, 0) is 66.2 Å². The second-order valence-corrected chi connectivity index (χ2v) is 8.66. The third kappa shape index (κ3) is 4.67. The molecule has 0 atom stereocenters. The van der Waals surface area contributed by atoms with Crippen LogP contribution in [0.3, 0.4) is 0 Å². The van der Waals surface area contributed by atoms with E-state index in [0.29, 0.717) is 17.1 Å². The Kier molecular flexibility index (Phi) is 6.41. The fraction of sp³-hybridized carbons (Fsp3) is 0.0323. The lowest BCUT2D eigenvalue weighted by molar-refractivity contribution is 1.16. The molecule has 0 saturated carbocycles. The van der Waals surface area contributed by atoms with Crippen molar-refractivity contribution < 1.29 is 0 Å². The van der Waals surface area contributed by atoms with Crippen LogP contribution in [0.25, 0.3) is 61.1 Å². The van der Waals surface area contributed by atoms with Crippen molar-refractivity contribution in [2.24, 2.45) is 9.98 Å². The van der Waals surface area contributed by atoms with E-state index in [0.717, 1.165) is 49.8 Å². The van der Waals surface area contributed by atoms with E-state index in [4.69, 9.17) is 0 Å². The normalized spacial score (nSPS) is 11.9. The van der Waals surface area contributed by atoms with Gasteiger partial charge in [0.05, 0.1) is 23.4 Å². The largest absolute Gasteiger partial charge is 0.270 e. The van der Waals surface area contributed by atoms with Gasteiger partial charge in [0, 0.05) is 29.4 Å². The van der Waals surface area contributed by atoms with Gasteiger partial charge < -0.3 is 0 Å². The van der Waals surface area contributed by atoms with E-state index in [9.17, 15) is 0 Å². The smallest absolute Gasteiger partial charge is 0.116 e. The van der Waals surface area contributed by atoms with Crippen molar-refractivity contribution in [3.63, 3.8) is 0 Å². The fourth-order valence-electron chi connectivity index (χ4n) is 4.56. The van der Waals surface area contributed by atoms with Crippen molar-refractivity contribution in [2.45, 2.75) is 6.92 Å². The maximum Gasteiger partial charge on any atom is 0.116 e. The molecule has 0 bridgehead atoms. The van der Waals surface area contributed by atoms with Gasteiger partial charge in [-0.1, -0.05) is 30.3 Å². The molecule has 8 nitrogen and oxygen atoms in total. The Morgan fingerprint density at radius 3 is 2.13 bits per heavy atom. The van der Waals surface area contributed by atoms with Crippen LogP contribution in [-0.4, -0.2) is 42.8 Å². The Morgan fingerprint density at radius 1 is 0.744 bits per heavy atom. The molecule has 6 aromatic rings. The third-order valence-corrected chi connectivity index (χ3v) is 6.33. The number of fused-ring (bicyclic) bond motifs is 2. The number of hydrogen-bond acceptors (Lipinski definition) is 8. The Labute approximate surface area is 224 Å². The zero-order valence-electron chi connectivity index (χ0n) is 21.1. The molecule has 0 spiro atoms. The minimum atomic E-state index is 0.628. The molecule has 0 aliphatic rings. The molecule has 0 aliphatic heterocycles. The number of aromatic nitrogens is 6. The first-order chi connectivity index (χ1) is 19.2. The van der Waals surface area contributed by atoms with Gasteiger partial charge in [-0.2, -0.15) is 0 Å². The first-order valence-corrected chi connectivity index (χ1v) is 12.3. The maximum atomic E-state index is 4.50. The predicted molar refractivity (Wildman–Crippen MR) is 156 cm³/mol. The minimum absolute atomic E-state index is 0.628. The molecule has 0 radical (unpaired) electrons. The van der Waals surface area contributed by atoms with Gasteiger partial charge in [-0.25, -0.2) is 19.9 Å². The van der Waals surface area contributed by atoms with E-state index in [1.807, 2.05) is 19.1 Å². The Bertz CT molecular complexity index is 1890. The summed E-state index contributed by atoms with van der Waals surface area (Å²) in [4.78, 5) is 34.9. The van der Waals surface area contributed by atoms with E-state index in [1.54, 1.807) is 43.7 Å². The van der Waals surface area contributed by atoms with Crippen LogP contribution in [0.4, 0.5) is 0 Å². The molecule has 6 rings (SSSR count). The molecule has 39 heavy (non-hydrogen) atoms. The van der Waals surface area contributed by atoms with Crippen LogP contribution in [-0.2, 0) is 0 Å². The van der Waals surface area contributed by atoms with Crippen LogP contribution >= 0.6 is 0 Å². The number of nitrogens with zero attached hydrogens (tertiary/aromatic N) is 8. The van der Waals surface area contributed by atoms with Gasteiger partial charge in [0.1, 0.15) is 35.4 Å². The highest BCUT2D eigenvalue weighted by molar-refractivity contribution is 5.95. The van der Waals surface area contributed by atoms with Gasteiger partial charge in [0.2, 0.25) is 0 Å². The monoisotopic (exact) mass is 506 g/mol. The fourth-order valence-corrected chi connectivity index (χ4v) is 4.56. The van der Waals surface area contributed by atoms with E-state index in [2.05, 4.69) is 95.1 Å². The molecular formula is C31H22N8. The third-order valence-electron chi connectivity index (χ3n) is 6.33. The first kappa shape index (κ1) is 23.9. The lowest BCUT2D eigenvalue weighted by atomic mass is 9.96. The summed E-state index contributed by atoms with van der Waals surface area (Å²) < 4.78 is 0. The molecule has 0 N–H and O–H groups in total. The number of hydrogen-bond donors (Lipinski definition) is 0. The summed E-state index contributed by atoms with van der Waals surface area (Å²) in [7, 11) is 0. The summed E-state index contributed by atoms with van der Waals surface area (Å²) in [6, 6.07) is 20.8. The highest BCUT2D eigenvalue weighted by atomic mass is 14.9. The average molecular weight is 507 g/mol. The number of aliphatic imine (C=N–C) groups is 2. The van der Waals surface area contributed by atoms with E-state index < -0.39 is 0 Å². The topological polar surface area (TPSA) is 102 Å². The van der Waals surface area contributed by atoms with Crippen molar-refractivity contribution in [1.82, 2.24) is 29.9 Å². The maximum absolute atomic E-state index is 4.50. The second kappa shape index (κ2) is 10.5. The summed E-state index contributed by atoms with van der Waals surface area (Å²) in [5, 5.41) is 1.80. The van der Waals surface area contributed by atoms with Gasteiger partial charge in [0.15, 0.2) is 0 Å². The summed E-state index contributed by atoms with van der Waals surface area (Å²) in [5.74, 6) is 0. The number of benzene rings is 3. The Hall–Kier alpha value is -5.50. The standard InChI is InChI=1S/C31H22N8/c1-3-34-28(16-32-2)30-24-14-22(7-9-26(24)36-18-38-30)20-5-4-6-21(13-20)23-8-10-27-25(15-23)31(39-19-37-27)29-17-33-11-12-35-29/h3-19H,2H2,1H3/b28-16-,34-3?. The average Bonchev–Trinajstić information content (AvgIpc) is 3.00. The second-order valence-electron chi connectivity index (χ2n) is 8.66. The van der Waals surface area contributed by atoms with E-state index in [1.165, 1.54) is 0 Å². The first-order valence-electron chi connectivity index (χ1n) is 12.3. The predicted octanol–water partition coefficient (Wildman–Crippen LogP) is 6.45. The van der Waals surface area contributed by atoms with Crippen molar-refractivity contribution in [2.75, 3.05) is 0 Å². The molecule has 0 fully saturated rings. The molecule has 0 saturated heterocycles. The van der Waals surface area contributed by atoms with E-state index >= 15 is 0 Å². The highest BCUT2D eigenvalue weighted by Gasteiger charge is 2.12. The van der Waals surface area contributed by atoms with Gasteiger partial charge in [0.25, 0.3) is 0 Å². The molecule has 0 aliphatic carbocycles. The Morgan fingerprint density at radius 2 is 1.44 bits per heavy atom. The van der Waals surface area contributed by atoms with Crippen LogP contribution in [0.1, 0.15) is 12.6 Å². The van der Waals surface area contributed by atoms with Crippen molar-refractivity contribution >= 4 is 40.4 Å². The molecular weight excluding hydrogens is 484 g/mol. The van der Waals surface area contributed by atoms with Crippen LogP contribution in [0.15, 0.2) is 108 Å². The van der Waals surface area contributed by atoms with Crippen LogP contribution < -0.4 is 0 Å². The zero-order chi connectivity index (χ0) is 26.6. The molecule has 3 heterocycles. The zero-order valence-corrected chi connectivity index (χ0v) is 21.1. The minimum Gasteiger partial charge on any atom is -0.270 e. The SMILES string of the molecule is C=N/C=C(\N=CC)c1ncnc2ccc(-c3cccc(-c4ccc5ncnc(-c6cnccn6)c5c4)c3)cc12. The van der Waals surface area contributed by atoms with E-state index in [-0.39, 0.29) is 0 Å². The number of rotatable bonds is 6. The molecule has 186 valence electrons. The van der Waals surface area contributed by atoms with Gasteiger partial charge in [-0.15, -0.1) is 0 Å². The quantitative estimate of drug-likeness (QED) is 0.240. The molecule has 3 aromatic carbocycles. The summed E-state index contributed by atoms with van der Waals surface area (Å²) in [6.07, 6.45) is 11.4. The molecule has 0 amide bonds. The van der Waals surface area contributed by atoms with Crippen molar-refractivity contribution in [1.29, 1.82) is 0 Å². The van der Waals surface area contributed by atoms with Crippen molar-refractivity contribution in [3.8, 4) is 33.6 Å². The lowest BCUT2D eigenvalue weighted by Crippen LogP contribution is -1.93. The molecule has 8 heteroatoms. The van der Waals surface area contributed by atoms with Crippen LogP contribution in [0.5, 0.6) is 0 Å². The molecule has 0 unspecified atom stereocenters. The van der Waals surface area contributed by atoms with Crippen molar-refractivity contribution in [3.05, 3.63) is 104 Å². The lowest BCUT2D eigenvalue weighted by Gasteiger charge is -2.10. The summed E-state index contributed by atoms with van der Waals surface area (Å²) in [6.45, 7) is 5.43. The summed E-state index contributed by atoms with van der Waals surface area (Å²) >= 11 is 0. The van der Waals surface area contributed by atoms with Crippen LogP contribution in [0, 0.1) is 0 Å². The highest BCUT2D eigenvalue weighted by Crippen LogP contribution is 2.33. The van der Waals surface area contributed by atoms with Gasteiger partial charge in [-0.3, -0.25) is 20.0 Å². The molecule has 3 aromatic heterocycles. The Balaban J connectivity index is 1.45. The van der Waals surface area contributed by atoms with Crippen LogP contribution in [0.2, 0.25) is 0 Å². The summed E-state index contributed by atoms with van der Waals surface area (Å²) in [5.41, 5.74) is 8.68.